The van der Waals surface area contributed by atoms with Crippen LogP contribution in [0, 0.1) is 0 Å². The first-order valence-corrected chi connectivity index (χ1v) is 23.3. The summed E-state index contributed by atoms with van der Waals surface area (Å²) >= 11 is 0. The topological polar surface area (TPSA) is 316 Å². The zero-order chi connectivity index (χ0) is 52.0. The molecule has 0 aromatic rings. The predicted molar refractivity (Wildman–Crippen MR) is 240 cm³/mol. The molecule has 1 saturated carbocycles. The van der Waals surface area contributed by atoms with Crippen LogP contribution in [-0.4, -0.2) is 179 Å². The summed E-state index contributed by atoms with van der Waals surface area (Å²) in [5, 5.41) is 48.8. The smallest absolute Gasteiger partial charge is 0.408 e. The van der Waals surface area contributed by atoms with Crippen LogP contribution in [0.25, 0.3) is 0 Å². The number of carbonyl (C=O) groups excluding carboxylic acids is 6. The monoisotopic (exact) mass is 992 g/mol. The molecule has 6 unspecified atom stereocenters. The first kappa shape index (κ1) is 57.4. The third-order valence-corrected chi connectivity index (χ3v) is 10.6. The molecule has 4 fully saturated rings. The van der Waals surface area contributed by atoms with E-state index < -0.39 is 144 Å². The number of carbonyl (C=O) groups is 6. The number of aliphatic hydroxyl groups excluding tert-OH is 3. The van der Waals surface area contributed by atoms with E-state index >= 15 is 0 Å². The van der Waals surface area contributed by atoms with E-state index in [0.29, 0.717) is 6.29 Å². The minimum absolute atomic E-state index is 0.107. The Morgan fingerprint density at radius 2 is 1.16 bits per heavy atom. The Kier molecular flexibility index (Phi) is 19.1. The summed E-state index contributed by atoms with van der Waals surface area (Å²) < 4.78 is 58.9. The number of aliphatic hydroxyl groups is 3. The van der Waals surface area contributed by atoms with Crippen molar-refractivity contribution < 1.29 is 91.5 Å². The molecule has 3 heterocycles. The fourth-order valence-electron chi connectivity index (χ4n) is 7.86. The molecule has 396 valence electrons. The van der Waals surface area contributed by atoms with Gasteiger partial charge in [0.1, 0.15) is 77.5 Å². The van der Waals surface area contributed by atoms with Crippen LogP contribution in [0.2, 0.25) is 0 Å². The standard InChI is InChI=1S/C45H77N5O19/c1-41(2,3)66-37(56)46-18-17-26(52)34(55)47-24-19-25(49-39(58)68-43(7,8)9)32(63-35-23(16-15-22(20-51)61-35)48-38(57)67-42(4,5)6)30(54)31(24)64-36-29(53)28(50-40(59)69-44(10,11)12)33-27(62-36)21-60-45(13,14)65-33/h20,22-33,35-36,52-54H,15-19,21H2,1-14H3,(H,46,56)(H,47,55)(H,48,57)(H,49,58)(H,50,59)/t22?,23?,24-,25+,26+,27?,28-,29?,30?,31-,32?,33+,35+,36+/m1/s1. The van der Waals surface area contributed by atoms with Gasteiger partial charge in [-0.1, -0.05) is 0 Å². The molecule has 0 aromatic heterocycles. The van der Waals surface area contributed by atoms with E-state index in [-0.39, 0.29) is 38.8 Å². The quantitative estimate of drug-likeness (QED) is 0.0965. The molecule has 24 nitrogen and oxygen atoms in total. The van der Waals surface area contributed by atoms with E-state index in [1.54, 1.807) is 96.9 Å². The molecule has 4 aliphatic rings. The SMILES string of the molecule is CC(C)(C)OC(=O)NCC[C@H](O)C(=O)N[C@@H]1C[C@H](NC(=O)OC(C)(C)C)C(O[C@@H]2OC(C=O)CCC2NC(=O)OC(C)(C)C)C(O)[C@@H]1O[C@@H]1OC2COC(C)(C)O[C@@H]2[C@H](NC(=O)OC(C)(C)C)C1O. The Morgan fingerprint density at radius 3 is 1.70 bits per heavy atom. The zero-order valence-corrected chi connectivity index (χ0v) is 42.3. The average Bonchev–Trinajstić information content (AvgIpc) is 3.16. The first-order chi connectivity index (χ1) is 31.6. The van der Waals surface area contributed by atoms with Gasteiger partial charge < -0.3 is 94.1 Å². The highest BCUT2D eigenvalue weighted by Gasteiger charge is 2.56. The van der Waals surface area contributed by atoms with Crippen LogP contribution < -0.4 is 26.6 Å². The number of hydrogen-bond donors (Lipinski definition) is 8. The summed E-state index contributed by atoms with van der Waals surface area (Å²) in [4.78, 5) is 77.9. The van der Waals surface area contributed by atoms with Crippen LogP contribution in [0.5, 0.6) is 0 Å². The van der Waals surface area contributed by atoms with E-state index in [9.17, 15) is 44.1 Å². The number of fused-ring (bicyclic) bond motifs is 1. The van der Waals surface area contributed by atoms with Gasteiger partial charge in [-0.2, -0.15) is 0 Å². The van der Waals surface area contributed by atoms with Gasteiger partial charge >= 0.3 is 24.4 Å². The zero-order valence-electron chi connectivity index (χ0n) is 42.3. The summed E-state index contributed by atoms with van der Waals surface area (Å²) in [6.45, 7) is 22.8. The van der Waals surface area contributed by atoms with Crippen molar-refractivity contribution in [2.24, 2.45) is 0 Å². The summed E-state index contributed by atoms with van der Waals surface area (Å²) in [6.07, 6.45) is -18.1. The van der Waals surface area contributed by atoms with E-state index in [0.717, 1.165) is 0 Å². The second-order valence-corrected chi connectivity index (χ2v) is 22.0. The van der Waals surface area contributed by atoms with Crippen molar-refractivity contribution in [3.8, 4) is 0 Å². The molecule has 0 aromatic carbocycles. The minimum atomic E-state index is -1.92. The number of hydrogen-bond acceptors (Lipinski definition) is 19. The van der Waals surface area contributed by atoms with Gasteiger partial charge in [-0.25, -0.2) is 19.2 Å². The fourth-order valence-corrected chi connectivity index (χ4v) is 7.86. The van der Waals surface area contributed by atoms with Crippen molar-refractivity contribution in [3.05, 3.63) is 0 Å². The lowest BCUT2D eigenvalue weighted by atomic mass is 9.83. The number of aldehydes is 1. The number of alkyl carbamates (subject to hydrolysis) is 4. The summed E-state index contributed by atoms with van der Waals surface area (Å²) in [6, 6.07) is -4.87. The van der Waals surface area contributed by atoms with Crippen molar-refractivity contribution in [1.82, 2.24) is 26.6 Å². The number of rotatable bonds is 13. The molecule has 24 heteroatoms. The highest BCUT2D eigenvalue weighted by atomic mass is 16.8. The largest absolute Gasteiger partial charge is 0.444 e. The molecule has 0 bridgehead atoms. The highest BCUT2D eigenvalue weighted by molar-refractivity contribution is 5.81. The normalized spacial score (nSPS) is 32.2. The van der Waals surface area contributed by atoms with Gasteiger partial charge in [0, 0.05) is 6.54 Å². The summed E-state index contributed by atoms with van der Waals surface area (Å²) in [5.74, 6) is -2.16. The molecular formula is C45H77N5O19. The summed E-state index contributed by atoms with van der Waals surface area (Å²) in [7, 11) is 0. The average molecular weight is 992 g/mol. The maximum atomic E-state index is 13.8. The van der Waals surface area contributed by atoms with E-state index in [4.69, 9.17) is 47.4 Å². The molecule has 3 aliphatic heterocycles. The van der Waals surface area contributed by atoms with E-state index in [1.807, 2.05) is 0 Å². The third-order valence-electron chi connectivity index (χ3n) is 10.6. The van der Waals surface area contributed by atoms with Crippen LogP contribution in [0.3, 0.4) is 0 Å². The molecule has 69 heavy (non-hydrogen) atoms. The molecule has 3 saturated heterocycles. The Hall–Kier alpha value is -4.14. The van der Waals surface area contributed by atoms with Crippen LogP contribution in [0.15, 0.2) is 0 Å². The number of nitrogens with one attached hydrogen (secondary N) is 5. The van der Waals surface area contributed by atoms with Gasteiger partial charge in [0.25, 0.3) is 0 Å². The van der Waals surface area contributed by atoms with Crippen LogP contribution >= 0.6 is 0 Å². The lowest BCUT2D eigenvalue weighted by Crippen LogP contribution is -2.72. The number of ether oxygens (including phenoxy) is 10. The van der Waals surface area contributed by atoms with E-state index in [1.165, 1.54) is 0 Å². The van der Waals surface area contributed by atoms with Crippen LogP contribution in [0.1, 0.15) is 123 Å². The predicted octanol–water partition coefficient (Wildman–Crippen LogP) is 1.90. The van der Waals surface area contributed by atoms with E-state index in [2.05, 4.69) is 26.6 Å². The van der Waals surface area contributed by atoms with Crippen molar-refractivity contribution >= 4 is 36.6 Å². The van der Waals surface area contributed by atoms with Gasteiger partial charge in [-0.15, -0.1) is 0 Å². The first-order valence-electron chi connectivity index (χ1n) is 23.3. The van der Waals surface area contributed by atoms with Crippen molar-refractivity contribution in [2.75, 3.05) is 13.2 Å². The van der Waals surface area contributed by atoms with Crippen LogP contribution in [-0.2, 0) is 57.0 Å². The second kappa shape index (κ2) is 22.9. The van der Waals surface area contributed by atoms with Gasteiger partial charge in [0.2, 0.25) is 5.91 Å². The maximum Gasteiger partial charge on any atom is 0.408 e. The molecule has 14 atom stereocenters. The third kappa shape index (κ3) is 18.2. The molecule has 0 spiro atoms. The Labute approximate surface area is 403 Å². The van der Waals surface area contributed by atoms with Gasteiger partial charge in [0.15, 0.2) is 18.4 Å². The van der Waals surface area contributed by atoms with Crippen molar-refractivity contribution in [1.29, 1.82) is 0 Å². The Bertz CT molecular complexity index is 1780. The van der Waals surface area contributed by atoms with Gasteiger partial charge in [0.05, 0.1) is 30.8 Å². The molecule has 4 rings (SSSR count). The fraction of sp³-hybridized carbons (Fsp3) is 0.867. The Morgan fingerprint density at radius 1 is 0.667 bits per heavy atom. The Balaban J connectivity index is 1.75. The molecule has 5 amide bonds. The van der Waals surface area contributed by atoms with Crippen molar-refractivity contribution in [3.63, 3.8) is 0 Å². The molecule has 1 aliphatic carbocycles. The molecule has 0 radical (unpaired) electrons. The lowest BCUT2D eigenvalue weighted by molar-refractivity contribution is -0.376. The summed E-state index contributed by atoms with van der Waals surface area (Å²) in [5.41, 5.74) is -3.65. The lowest BCUT2D eigenvalue weighted by Gasteiger charge is -2.52. The van der Waals surface area contributed by atoms with Crippen molar-refractivity contribution in [2.45, 2.75) is 236 Å². The highest BCUT2D eigenvalue weighted by Crippen LogP contribution is 2.36. The molecule has 8 N–H and O–H groups in total. The second-order valence-electron chi connectivity index (χ2n) is 22.0. The van der Waals surface area contributed by atoms with Gasteiger partial charge in [-0.05, 0) is 123 Å². The maximum absolute atomic E-state index is 13.8. The molecular weight excluding hydrogens is 915 g/mol. The minimum Gasteiger partial charge on any atom is -0.444 e. The van der Waals surface area contributed by atoms with Crippen LogP contribution in [0.4, 0.5) is 19.2 Å². The number of amides is 5. The van der Waals surface area contributed by atoms with Gasteiger partial charge in [-0.3, -0.25) is 4.79 Å².